The first-order valence-electron chi connectivity index (χ1n) is 5.27. The minimum Gasteiger partial charge on any atom is -0.323 e. The summed E-state index contributed by atoms with van der Waals surface area (Å²) in [7, 11) is 0. The van der Waals surface area contributed by atoms with Gasteiger partial charge in [0.2, 0.25) is 0 Å². The molecule has 0 aromatic carbocycles. The van der Waals surface area contributed by atoms with Crippen LogP contribution in [0.3, 0.4) is 0 Å². The maximum absolute atomic E-state index is 6.26. The summed E-state index contributed by atoms with van der Waals surface area (Å²) in [5.74, 6) is 2.58. The van der Waals surface area contributed by atoms with Crippen molar-refractivity contribution in [1.82, 2.24) is 0 Å². The highest BCUT2D eigenvalue weighted by Crippen LogP contribution is 2.62. The fourth-order valence-electron chi connectivity index (χ4n) is 3.13. The maximum atomic E-state index is 6.26. The van der Waals surface area contributed by atoms with Crippen molar-refractivity contribution in [3.05, 3.63) is 21.3 Å². The molecule has 0 amide bonds. The molecule has 1 heterocycles. The molecule has 1 aromatic rings. The number of thiophene rings is 1. The van der Waals surface area contributed by atoms with Crippen molar-refractivity contribution in [1.29, 1.82) is 0 Å². The van der Waals surface area contributed by atoms with Gasteiger partial charge in [-0.1, -0.05) is 18.0 Å². The second kappa shape index (κ2) is 3.22. The van der Waals surface area contributed by atoms with Crippen LogP contribution in [0.4, 0.5) is 0 Å². The average Bonchev–Trinajstić information content (AvgIpc) is 2.57. The van der Waals surface area contributed by atoms with E-state index in [2.05, 4.69) is 0 Å². The Labute approximate surface area is 93.3 Å². The van der Waals surface area contributed by atoms with Gasteiger partial charge in [0.25, 0.3) is 0 Å². The van der Waals surface area contributed by atoms with E-state index >= 15 is 0 Å². The van der Waals surface area contributed by atoms with E-state index in [1.54, 1.807) is 11.3 Å². The monoisotopic (exact) mass is 227 g/mol. The molecule has 2 fully saturated rings. The number of hydrogen-bond donors (Lipinski definition) is 1. The molecule has 0 aliphatic heterocycles. The zero-order valence-corrected chi connectivity index (χ0v) is 9.52. The van der Waals surface area contributed by atoms with Gasteiger partial charge >= 0.3 is 0 Å². The van der Waals surface area contributed by atoms with Crippen molar-refractivity contribution < 1.29 is 0 Å². The predicted molar refractivity (Wildman–Crippen MR) is 60.6 cm³/mol. The Kier molecular flexibility index (Phi) is 2.12. The Bertz CT molecular complexity index is 339. The van der Waals surface area contributed by atoms with E-state index in [0.29, 0.717) is 0 Å². The largest absolute Gasteiger partial charge is 0.323 e. The summed E-state index contributed by atoms with van der Waals surface area (Å²) in [4.78, 5) is 1.20. The number of hydrogen-bond acceptors (Lipinski definition) is 2. The number of rotatable bonds is 2. The van der Waals surface area contributed by atoms with Crippen LogP contribution in [0.2, 0.25) is 5.02 Å². The van der Waals surface area contributed by atoms with E-state index in [1.807, 2.05) is 11.4 Å². The molecule has 0 radical (unpaired) electrons. The molecule has 3 heteroatoms. The minimum absolute atomic E-state index is 0.206. The van der Waals surface area contributed by atoms with Gasteiger partial charge in [-0.15, -0.1) is 11.3 Å². The molecule has 76 valence electrons. The normalized spacial score (nSPS) is 36.9. The highest BCUT2D eigenvalue weighted by atomic mass is 35.5. The first kappa shape index (κ1) is 9.20. The van der Waals surface area contributed by atoms with Crippen molar-refractivity contribution in [3.63, 3.8) is 0 Å². The summed E-state index contributed by atoms with van der Waals surface area (Å²) < 4.78 is 0. The SMILES string of the molecule is NC(c1sccc1Cl)C1C2CCCC21. The number of fused-ring (bicyclic) bond motifs is 1. The van der Waals surface area contributed by atoms with Crippen LogP contribution in [0.25, 0.3) is 0 Å². The van der Waals surface area contributed by atoms with Gasteiger partial charge in [-0.25, -0.2) is 0 Å². The number of halogens is 1. The first-order valence-corrected chi connectivity index (χ1v) is 6.53. The third-order valence-electron chi connectivity index (χ3n) is 3.83. The molecule has 2 saturated carbocycles. The third-order valence-corrected chi connectivity index (χ3v) is 5.29. The summed E-state index contributed by atoms with van der Waals surface area (Å²) in [6.07, 6.45) is 4.20. The summed E-state index contributed by atoms with van der Waals surface area (Å²) >= 11 is 7.80. The van der Waals surface area contributed by atoms with Crippen molar-refractivity contribution in [2.45, 2.75) is 25.3 Å². The number of nitrogens with two attached hydrogens (primary N) is 1. The lowest BCUT2D eigenvalue weighted by Gasteiger charge is -2.12. The van der Waals surface area contributed by atoms with Crippen molar-refractivity contribution >= 4 is 22.9 Å². The molecule has 3 rings (SSSR count). The summed E-state index contributed by atoms with van der Waals surface area (Å²) in [6.45, 7) is 0. The Morgan fingerprint density at radius 1 is 1.43 bits per heavy atom. The molecule has 0 bridgehead atoms. The van der Waals surface area contributed by atoms with Crippen molar-refractivity contribution in [2.24, 2.45) is 23.5 Å². The zero-order chi connectivity index (χ0) is 9.71. The molecule has 0 saturated heterocycles. The van der Waals surface area contributed by atoms with Crippen molar-refractivity contribution in [2.75, 3.05) is 0 Å². The Hall–Kier alpha value is -0.0500. The van der Waals surface area contributed by atoms with E-state index in [9.17, 15) is 0 Å². The fourth-order valence-corrected chi connectivity index (χ4v) is 4.37. The molecule has 3 atom stereocenters. The van der Waals surface area contributed by atoms with Crippen LogP contribution in [0.5, 0.6) is 0 Å². The third kappa shape index (κ3) is 1.24. The molecule has 2 N–H and O–H groups in total. The molecule has 1 nitrogen and oxygen atoms in total. The second-order valence-electron chi connectivity index (χ2n) is 4.49. The Balaban J connectivity index is 1.78. The summed E-state index contributed by atoms with van der Waals surface area (Å²) in [6, 6.07) is 2.16. The van der Waals surface area contributed by atoms with Crippen LogP contribution < -0.4 is 5.73 Å². The second-order valence-corrected chi connectivity index (χ2v) is 5.85. The molecule has 2 aliphatic carbocycles. The highest BCUT2D eigenvalue weighted by Gasteiger charge is 2.55. The molecule has 14 heavy (non-hydrogen) atoms. The van der Waals surface area contributed by atoms with Crippen molar-refractivity contribution in [3.8, 4) is 0 Å². The molecular formula is C11H14ClNS. The summed E-state index contributed by atoms with van der Waals surface area (Å²) in [5.41, 5.74) is 6.26. The van der Waals surface area contributed by atoms with Crippen LogP contribution in [-0.2, 0) is 0 Å². The van der Waals surface area contributed by atoms with Crippen LogP contribution in [0, 0.1) is 17.8 Å². The van der Waals surface area contributed by atoms with E-state index in [1.165, 1.54) is 24.1 Å². The van der Waals surface area contributed by atoms with Gasteiger partial charge in [0.15, 0.2) is 0 Å². The lowest BCUT2D eigenvalue weighted by atomic mass is 10.0. The van der Waals surface area contributed by atoms with Gasteiger partial charge < -0.3 is 5.73 Å². The quantitative estimate of drug-likeness (QED) is 0.823. The molecule has 1 aromatic heterocycles. The topological polar surface area (TPSA) is 26.0 Å². The van der Waals surface area contributed by atoms with Crippen LogP contribution in [0.15, 0.2) is 11.4 Å². The van der Waals surface area contributed by atoms with Crippen LogP contribution in [-0.4, -0.2) is 0 Å². The Morgan fingerprint density at radius 2 is 2.14 bits per heavy atom. The van der Waals surface area contributed by atoms with Gasteiger partial charge in [-0.05, 0) is 42.0 Å². The van der Waals surface area contributed by atoms with Gasteiger partial charge in [0.1, 0.15) is 0 Å². The molecule has 3 unspecified atom stereocenters. The van der Waals surface area contributed by atoms with Gasteiger partial charge in [0.05, 0.1) is 5.02 Å². The lowest BCUT2D eigenvalue weighted by molar-refractivity contribution is 0.507. The van der Waals surface area contributed by atoms with Gasteiger partial charge in [-0.3, -0.25) is 0 Å². The van der Waals surface area contributed by atoms with E-state index in [0.717, 1.165) is 22.8 Å². The molecular weight excluding hydrogens is 214 g/mol. The van der Waals surface area contributed by atoms with Gasteiger partial charge in [0, 0.05) is 10.9 Å². The first-order chi connectivity index (χ1) is 6.79. The molecule has 2 aliphatic rings. The maximum Gasteiger partial charge on any atom is 0.0561 e. The lowest BCUT2D eigenvalue weighted by Crippen LogP contribution is -2.14. The standard InChI is InChI=1S/C11H14ClNS/c12-8-4-5-14-11(8)10(13)9-6-2-1-3-7(6)9/h4-7,9-10H,1-3,13H2. The van der Waals surface area contributed by atoms with E-state index in [-0.39, 0.29) is 6.04 Å². The molecule has 0 spiro atoms. The predicted octanol–water partition coefficient (Wildman–Crippen LogP) is 3.45. The smallest absolute Gasteiger partial charge is 0.0561 e. The Morgan fingerprint density at radius 3 is 2.71 bits per heavy atom. The highest BCUT2D eigenvalue weighted by molar-refractivity contribution is 7.10. The van der Waals surface area contributed by atoms with Crippen LogP contribution in [0.1, 0.15) is 30.2 Å². The average molecular weight is 228 g/mol. The van der Waals surface area contributed by atoms with E-state index in [4.69, 9.17) is 17.3 Å². The summed E-state index contributed by atoms with van der Waals surface area (Å²) in [5, 5.41) is 2.91. The van der Waals surface area contributed by atoms with Crippen LogP contribution >= 0.6 is 22.9 Å². The fraction of sp³-hybridized carbons (Fsp3) is 0.636. The van der Waals surface area contributed by atoms with Gasteiger partial charge in [-0.2, -0.15) is 0 Å². The van der Waals surface area contributed by atoms with E-state index < -0.39 is 0 Å². The zero-order valence-electron chi connectivity index (χ0n) is 7.95. The minimum atomic E-state index is 0.206.